The fourth-order valence-corrected chi connectivity index (χ4v) is 1.77. The van der Waals surface area contributed by atoms with Crippen LogP contribution in [0, 0.1) is 22.7 Å². The molecule has 0 N–H and O–H groups in total. The van der Waals surface area contributed by atoms with Gasteiger partial charge in [-0.3, -0.25) is 4.79 Å². The SMILES string of the molecule is CCCCC(CCC)C(=O)C(C)(C)C#N. The molecule has 0 heterocycles. The number of nitriles is 1. The van der Waals surface area contributed by atoms with Gasteiger partial charge in [0.2, 0.25) is 0 Å². The van der Waals surface area contributed by atoms with E-state index in [-0.39, 0.29) is 11.7 Å². The standard InChI is InChI=1S/C13H23NO/c1-5-7-9-11(8-6-2)12(15)13(3,4)10-14/h11H,5-9H2,1-4H3. The van der Waals surface area contributed by atoms with E-state index < -0.39 is 5.41 Å². The minimum Gasteiger partial charge on any atom is -0.298 e. The lowest BCUT2D eigenvalue weighted by molar-refractivity contribution is -0.129. The van der Waals surface area contributed by atoms with E-state index in [2.05, 4.69) is 19.9 Å². The zero-order valence-electron chi connectivity index (χ0n) is 10.5. The lowest BCUT2D eigenvalue weighted by Gasteiger charge is -2.22. The van der Waals surface area contributed by atoms with Crippen LogP contribution in [0.3, 0.4) is 0 Å². The van der Waals surface area contributed by atoms with E-state index in [1.165, 1.54) is 0 Å². The highest BCUT2D eigenvalue weighted by atomic mass is 16.1. The van der Waals surface area contributed by atoms with Gasteiger partial charge in [-0.15, -0.1) is 0 Å². The maximum Gasteiger partial charge on any atom is 0.155 e. The Morgan fingerprint density at radius 1 is 1.27 bits per heavy atom. The molecule has 0 aromatic rings. The van der Waals surface area contributed by atoms with Crippen molar-refractivity contribution in [3.8, 4) is 6.07 Å². The van der Waals surface area contributed by atoms with Crippen LogP contribution in [-0.4, -0.2) is 5.78 Å². The zero-order chi connectivity index (χ0) is 11.9. The number of Topliss-reactive ketones (excluding diaryl/α,β-unsaturated/α-hetero) is 1. The number of ketones is 1. The summed E-state index contributed by atoms with van der Waals surface area (Å²) in [7, 11) is 0. The summed E-state index contributed by atoms with van der Waals surface area (Å²) in [6, 6.07) is 2.11. The number of rotatable bonds is 7. The largest absolute Gasteiger partial charge is 0.298 e. The van der Waals surface area contributed by atoms with Gasteiger partial charge in [0.1, 0.15) is 5.41 Å². The molecular formula is C13H23NO. The number of carbonyl (C=O) groups is 1. The zero-order valence-corrected chi connectivity index (χ0v) is 10.5. The molecule has 0 radical (unpaired) electrons. The Bertz CT molecular complexity index is 237. The average Bonchev–Trinajstić information content (AvgIpc) is 2.23. The number of hydrogen-bond acceptors (Lipinski definition) is 2. The Balaban J connectivity index is 4.49. The predicted octanol–water partition coefficient (Wildman–Crippen LogP) is 3.71. The minimum atomic E-state index is -0.812. The molecule has 0 rings (SSSR count). The molecule has 0 bridgehead atoms. The molecule has 0 aliphatic heterocycles. The lowest BCUT2D eigenvalue weighted by Crippen LogP contribution is -2.29. The summed E-state index contributed by atoms with van der Waals surface area (Å²) in [4.78, 5) is 12.1. The van der Waals surface area contributed by atoms with Crippen LogP contribution in [0.2, 0.25) is 0 Å². The summed E-state index contributed by atoms with van der Waals surface area (Å²) in [5.74, 6) is 0.213. The maximum atomic E-state index is 12.1. The van der Waals surface area contributed by atoms with Crippen LogP contribution >= 0.6 is 0 Å². The molecule has 0 saturated carbocycles. The quantitative estimate of drug-likeness (QED) is 0.641. The average molecular weight is 209 g/mol. The third kappa shape index (κ3) is 4.46. The molecule has 0 aliphatic carbocycles. The molecule has 1 unspecified atom stereocenters. The summed E-state index contributed by atoms with van der Waals surface area (Å²) in [5, 5.41) is 8.94. The second-order valence-corrected chi connectivity index (χ2v) is 4.73. The second kappa shape index (κ2) is 6.61. The van der Waals surface area contributed by atoms with Crippen molar-refractivity contribution in [2.75, 3.05) is 0 Å². The molecule has 0 aromatic heterocycles. The van der Waals surface area contributed by atoms with E-state index in [9.17, 15) is 4.79 Å². The van der Waals surface area contributed by atoms with Crippen molar-refractivity contribution in [3.63, 3.8) is 0 Å². The number of nitrogens with zero attached hydrogens (tertiary/aromatic N) is 1. The van der Waals surface area contributed by atoms with Gasteiger partial charge in [-0.2, -0.15) is 5.26 Å². The lowest BCUT2D eigenvalue weighted by atomic mass is 9.79. The molecule has 0 fully saturated rings. The van der Waals surface area contributed by atoms with Crippen molar-refractivity contribution in [1.29, 1.82) is 5.26 Å². The molecular weight excluding hydrogens is 186 g/mol. The van der Waals surface area contributed by atoms with Gasteiger partial charge >= 0.3 is 0 Å². The van der Waals surface area contributed by atoms with E-state index >= 15 is 0 Å². The third-order valence-corrected chi connectivity index (χ3v) is 2.81. The van der Waals surface area contributed by atoms with Gasteiger partial charge < -0.3 is 0 Å². The predicted molar refractivity (Wildman–Crippen MR) is 62.3 cm³/mol. The maximum absolute atomic E-state index is 12.1. The highest BCUT2D eigenvalue weighted by molar-refractivity contribution is 5.88. The van der Waals surface area contributed by atoms with Gasteiger partial charge in [-0.25, -0.2) is 0 Å². The molecule has 0 aromatic carbocycles. The van der Waals surface area contributed by atoms with Crippen molar-refractivity contribution in [2.24, 2.45) is 11.3 Å². The van der Waals surface area contributed by atoms with Crippen LogP contribution in [-0.2, 0) is 4.79 Å². The molecule has 0 aliphatic rings. The van der Waals surface area contributed by atoms with E-state index in [1.807, 2.05) is 0 Å². The molecule has 1 atom stereocenters. The smallest absolute Gasteiger partial charge is 0.155 e. The van der Waals surface area contributed by atoms with Gasteiger partial charge in [-0.05, 0) is 26.7 Å². The van der Waals surface area contributed by atoms with Crippen molar-refractivity contribution >= 4 is 5.78 Å². The topological polar surface area (TPSA) is 40.9 Å². The third-order valence-electron chi connectivity index (χ3n) is 2.81. The van der Waals surface area contributed by atoms with Crippen LogP contribution in [0.1, 0.15) is 59.8 Å². The van der Waals surface area contributed by atoms with Crippen molar-refractivity contribution < 1.29 is 4.79 Å². The first-order valence-corrected chi connectivity index (χ1v) is 5.95. The van der Waals surface area contributed by atoms with Gasteiger partial charge in [0.05, 0.1) is 6.07 Å². The Kier molecular flexibility index (Phi) is 6.24. The van der Waals surface area contributed by atoms with Crippen molar-refractivity contribution in [1.82, 2.24) is 0 Å². The van der Waals surface area contributed by atoms with E-state index in [0.717, 1.165) is 32.1 Å². The Morgan fingerprint density at radius 2 is 1.87 bits per heavy atom. The van der Waals surface area contributed by atoms with Gasteiger partial charge in [-0.1, -0.05) is 33.1 Å². The summed E-state index contributed by atoms with van der Waals surface area (Å²) in [6.45, 7) is 7.67. The van der Waals surface area contributed by atoms with Crippen LogP contribution in [0.5, 0.6) is 0 Å². The van der Waals surface area contributed by atoms with E-state index in [1.54, 1.807) is 13.8 Å². The summed E-state index contributed by atoms with van der Waals surface area (Å²) in [6.07, 6.45) is 5.07. The molecule has 0 amide bonds. The highest BCUT2D eigenvalue weighted by Crippen LogP contribution is 2.26. The molecule has 86 valence electrons. The van der Waals surface area contributed by atoms with E-state index in [0.29, 0.717) is 0 Å². The number of hydrogen-bond donors (Lipinski definition) is 0. The normalized spacial score (nSPS) is 13.3. The fourth-order valence-electron chi connectivity index (χ4n) is 1.77. The van der Waals surface area contributed by atoms with Gasteiger partial charge in [0.25, 0.3) is 0 Å². The molecule has 0 spiro atoms. The molecule has 2 heteroatoms. The number of unbranched alkanes of at least 4 members (excludes halogenated alkanes) is 1. The Labute approximate surface area is 93.7 Å². The van der Waals surface area contributed by atoms with Crippen molar-refractivity contribution in [2.45, 2.75) is 59.8 Å². The molecule has 2 nitrogen and oxygen atoms in total. The van der Waals surface area contributed by atoms with Crippen LogP contribution in [0.15, 0.2) is 0 Å². The van der Waals surface area contributed by atoms with Crippen LogP contribution in [0.4, 0.5) is 0 Å². The first-order valence-electron chi connectivity index (χ1n) is 5.95. The van der Waals surface area contributed by atoms with Crippen LogP contribution in [0.25, 0.3) is 0 Å². The Hall–Kier alpha value is -0.840. The summed E-state index contributed by atoms with van der Waals surface area (Å²) >= 11 is 0. The highest BCUT2D eigenvalue weighted by Gasteiger charge is 2.32. The van der Waals surface area contributed by atoms with Crippen molar-refractivity contribution in [3.05, 3.63) is 0 Å². The Morgan fingerprint density at radius 3 is 2.27 bits per heavy atom. The monoisotopic (exact) mass is 209 g/mol. The fraction of sp³-hybridized carbons (Fsp3) is 0.846. The first kappa shape index (κ1) is 14.2. The summed E-state index contributed by atoms with van der Waals surface area (Å²) < 4.78 is 0. The number of carbonyl (C=O) groups excluding carboxylic acids is 1. The summed E-state index contributed by atoms with van der Waals surface area (Å²) in [5.41, 5.74) is -0.812. The van der Waals surface area contributed by atoms with Gasteiger partial charge in [0.15, 0.2) is 5.78 Å². The van der Waals surface area contributed by atoms with Gasteiger partial charge in [0, 0.05) is 5.92 Å². The minimum absolute atomic E-state index is 0.0876. The first-order chi connectivity index (χ1) is 6.99. The molecule has 15 heavy (non-hydrogen) atoms. The van der Waals surface area contributed by atoms with E-state index in [4.69, 9.17) is 5.26 Å². The molecule has 0 saturated heterocycles. The second-order valence-electron chi connectivity index (χ2n) is 4.73. The van der Waals surface area contributed by atoms with Crippen LogP contribution < -0.4 is 0 Å².